The summed E-state index contributed by atoms with van der Waals surface area (Å²) >= 11 is 0. The summed E-state index contributed by atoms with van der Waals surface area (Å²) in [6.45, 7) is 9.49. The molecule has 158 valence electrons. The van der Waals surface area contributed by atoms with Crippen LogP contribution < -0.4 is 5.73 Å². The lowest BCUT2D eigenvalue weighted by atomic mass is 9.75. The first-order valence-corrected chi connectivity index (χ1v) is 10.2. The van der Waals surface area contributed by atoms with Crippen LogP contribution in [-0.4, -0.2) is 15.9 Å². The number of anilines is 1. The third kappa shape index (κ3) is 3.50. The van der Waals surface area contributed by atoms with Crippen molar-refractivity contribution in [1.29, 1.82) is 0 Å². The van der Waals surface area contributed by atoms with E-state index >= 15 is 0 Å². The predicted octanol–water partition coefficient (Wildman–Crippen LogP) is 5.60. The normalized spacial score (nSPS) is 22.1. The monoisotopic (exact) mass is 412 g/mol. The Bertz CT molecular complexity index is 1060. The molecule has 1 unspecified atom stereocenters. The van der Waals surface area contributed by atoms with Gasteiger partial charge in [0.05, 0.1) is 0 Å². The number of carbonyl (C=O) groups excluding carboxylic acids is 1. The van der Waals surface area contributed by atoms with Crippen LogP contribution in [0.5, 0.6) is 5.75 Å². The van der Waals surface area contributed by atoms with Gasteiger partial charge in [0, 0.05) is 17.0 Å². The summed E-state index contributed by atoms with van der Waals surface area (Å²) in [6, 6.07) is 14.6. The van der Waals surface area contributed by atoms with E-state index in [9.17, 15) is 9.90 Å². The summed E-state index contributed by atoms with van der Waals surface area (Å²) in [6.07, 6.45) is 11.1. The summed E-state index contributed by atoms with van der Waals surface area (Å²) in [5.74, 6) is 0.0699. The summed E-state index contributed by atoms with van der Waals surface area (Å²) in [5, 5.41) is 9.94. The van der Waals surface area contributed by atoms with Crippen molar-refractivity contribution in [3.63, 3.8) is 0 Å². The highest BCUT2D eigenvalue weighted by Gasteiger charge is 2.54. The average molecular weight is 413 g/mol. The number of allylic oxidation sites excluding steroid dienone is 6. The third-order valence-corrected chi connectivity index (χ3v) is 5.60. The molecular weight excluding hydrogens is 384 g/mol. The molecule has 1 amide bonds. The van der Waals surface area contributed by atoms with Gasteiger partial charge >= 0.3 is 0 Å². The third-order valence-electron chi connectivity index (χ3n) is 5.60. The quantitative estimate of drug-likeness (QED) is 0.382. The highest BCUT2D eigenvalue weighted by molar-refractivity contribution is 6.05. The SMILES string of the molecule is C=C/C=C\C(=C/C)N1C(=O)C(=C/C)/C(=C\C)C1(c1ccc(N)cc1)c1ccc(O)cc1. The van der Waals surface area contributed by atoms with Gasteiger partial charge in [-0.1, -0.05) is 61.2 Å². The maximum Gasteiger partial charge on any atom is 0.259 e. The van der Waals surface area contributed by atoms with Gasteiger partial charge in [0.15, 0.2) is 0 Å². The summed E-state index contributed by atoms with van der Waals surface area (Å²) < 4.78 is 0. The molecule has 0 bridgehead atoms. The minimum Gasteiger partial charge on any atom is -0.508 e. The van der Waals surface area contributed by atoms with Crippen LogP contribution in [0.2, 0.25) is 0 Å². The average Bonchev–Trinajstić information content (AvgIpc) is 3.04. The fourth-order valence-corrected chi connectivity index (χ4v) is 4.29. The molecule has 4 heteroatoms. The Morgan fingerprint density at radius 3 is 2.06 bits per heavy atom. The molecule has 1 saturated heterocycles. The molecule has 3 rings (SSSR count). The van der Waals surface area contributed by atoms with Crippen molar-refractivity contribution in [2.45, 2.75) is 26.3 Å². The second-order valence-electron chi connectivity index (χ2n) is 7.23. The maximum absolute atomic E-state index is 13.8. The lowest BCUT2D eigenvalue weighted by Crippen LogP contribution is -2.44. The van der Waals surface area contributed by atoms with E-state index in [1.54, 1.807) is 18.2 Å². The number of carbonyl (C=O) groups is 1. The van der Waals surface area contributed by atoms with Gasteiger partial charge in [-0.25, -0.2) is 0 Å². The number of nitrogens with two attached hydrogens (primary N) is 1. The number of hydrogen-bond acceptors (Lipinski definition) is 3. The topological polar surface area (TPSA) is 66.6 Å². The van der Waals surface area contributed by atoms with Crippen molar-refractivity contribution in [3.05, 3.63) is 120 Å². The lowest BCUT2D eigenvalue weighted by molar-refractivity contribution is -0.125. The highest BCUT2D eigenvalue weighted by Crippen LogP contribution is 2.53. The van der Waals surface area contributed by atoms with Crippen LogP contribution in [0.15, 0.2) is 108 Å². The number of phenolic OH excluding ortho intramolecular Hbond substituents is 1. The van der Waals surface area contributed by atoms with Crippen molar-refractivity contribution in [2.75, 3.05) is 5.73 Å². The van der Waals surface area contributed by atoms with E-state index in [1.165, 1.54) is 0 Å². The van der Waals surface area contributed by atoms with E-state index in [0.29, 0.717) is 11.3 Å². The van der Waals surface area contributed by atoms with Gasteiger partial charge in [0.25, 0.3) is 5.91 Å². The molecule has 0 aliphatic carbocycles. The van der Waals surface area contributed by atoms with Crippen molar-refractivity contribution in [3.8, 4) is 5.75 Å². The largest absolute Gasteiger partial charge is 0.508 e. The molecule has 0 saturated carbocycles. The van der Waals surface area contributed by atoms with Gasteiger partial charge in [-0.2, -0.15) is 0 Å². The fraction of sp³-hybridized carbons (Fsp3) is 0.148. The van der Waals surface area contributed by atoms with Crippen LogP contribution in [0.1, 0.15) is 31.9 Å². The van der Waals surface area contributed by atoms with E-state index in [-0.39, 0.29) is 11.7 Å². The second kappa shape index (κ2) is 8.92. The smallest absolute Gasteiger partial charge is 0.259 e. The van der Waals surface area contributed by atoms with E-state index in [1.807, 2.05) is 92.4 Å². The summed E-state index contributed by atoms with van der Waals surface area (Å²) in [4.78, 5) is 15.6. The number of nitrogens with zero attached hydrogens (tertiary/aromatic N) is 1. The first kappa shape index (κ1) is 21.9. The Labute approximate surface area is 184 Å². The van der Waals surface area contributed by atoms with E-state index in [4.69, 9.17) is 5.73 Å². The number of rotatable bonds is 5. The van der Waals surface area contributed by atoms with Crippen LogP contribution >= 0.6 is 0 Å². The molecule has 1 fully saturated rings. The molecule has 3 N–H and O–H groups in total. The first-order chi connectivity index (χ1) is 14.9. The van der Waals surface area contributed by atoms with Gasteiger partial charge in [-0.15, -0.1) is 0 Å². The Morgan fingerprint density at radius 2 is 1.58 bits per heavy atom. The predicted molar refractivity (Wildman–Crippen MR) is 127 cm³/mol. The number of benzene rings is 2. The number of likely N-dealkylation sites (tertiary alicyclic amines) is 1. The Hall–Kier alpha value is -3.79. The molecule has 4 nitrogen and oxygen atoms in total. The molecule has 2 aromatic carbocycles. The van der Waals surface area contributed by atoms with E-state index in [2.05, 4.69) is 6.58 Å². The number of amides is 1. The molecule has 0 radical (unpaired) electrons. The summed E-state index contributed by atoms with van der Waals surface area (Å²) in [7, 11) is 0. The minimum absolute atomic E-state index is 0.0951. The zero-order valence-corrected chi connectivity index (χ0v) is 18.2. The van der Waals surface area contributed by atoms with Gasteiger partial charge in [0.1, 0.15) is 11.3 Å². The molecule has 1 aliphatic rings. The minimum atomic E-state index is -0.928. The Balaban J connectivity index is 2.49. The summed E-state index contributed by atoms with van der Waals surface area (Å²) in [5.41, 5.74) is 9.72. The van der Waals surface area contributed by atoms with E-state index < -0.39 is 5.54 Å². The molecule has 2 aromatic rings. The highest BCUT2D eigenvalue weighted by atomic mass is 16.3. The van der Waals surface area contributed by atoms with Crippen LogP contribution in [-0.2, 0) is 10.3 Å². The number of hydrogen-bond donors (Lipinski definition) is 2. The number of nitrogen functional groups attached to an aromatic ring is 1. The maximum atomic E-state index is 13.8. The van der Waals surface area contributed by atoms with E-state index in [0.717, 1.165) is 22.4 Å². The van der Waals surface area contributed by atoms with Gasteiger partial charge < -0.3 is 10.8 Å². The standard InChI is InChI=1S/C27H28N2O2/c1-5-9-10-22(6-2)29-26(31)24(7-3)25(8-4)27(29,19-11-15-21(28)16-12-19)20-13-17-23(30)18-14-20/h5-18,30H,1,28H2,2-4H3/b10-9-,22-6+,24-7+,25-8+. The van der Waals surface area contributed by atoms with Crippen LogP contribution in [0.3, 0.4) is 0 Å². The van der Waals surface area contributed by atoms with Crippen LogP contribution in [0.25, 0.3) is 0 Å². The molecular formula is C27H28N2O2. The molecule has 1 atom stereocenters. The molecule has 0 spiro atoms. The first-order valence-electron chi connectivity index (χ1n) is 10.2. The van der Waals surface area contributed by atoms with Crippen molar-refractivity contribution in [1.82, 2.24) is 4.90 Å². The van der Waals surface area contributed by atoms with Crippen molar-refractivity contribution in [2.24, 2.45) is 0 Å². The van der Waals surface area contributed by atoms with Gasteiger partial charge in [-0.05, 0) is 67.8 Å². The zero-order valence-electron chi connectivity index (χ0n) is 18.2. The van der Waals surface area contributed by atoms with Crippen molar-refractivity contribution >= 4 is 11.6 Å². The fourth-order valence-electron chi connectivity index (χ4n) is 4.29. The Morgan fingerprint density at radius 1 is 1.00 bits per heavy atom. The molecule has 1 aliphatic heterocycles. The van der Waals surface area contributed by atoms with Crippen molar-refractivity contribution < 1.29 is 9.90 Å². The molecule has 0 aromatic heterocycles. The van der Waals surface area contributed by atoms with Gasteiger partial charge in [-0.3, -0.25) is 9.69 Å². The zero-order chi connectivity index (χ0) is 22.6. The Kier molecular flexibility index (Phi) is 6.30. The second-order valence-corrected chi connectivity index (χ2v) is 7.23. The molecule has 1 heterocycles. The van der Waals surface area contributed by atoms with Crippen LogP contribution in [0, 0.1) is 0 Å². The number of phenols is 1. The van der Waals surface area contributed by atoms with Gasteiger partial charge in [0.2, 0.25) is 0 Å². The lowest BCUT2D eigenvalue weighted by Gasteiger charge is -2.41. The molecule has 31 heavy (non-hydrogen) atoms. The van der Waals surface area contributed by atoms with Crippen LogP contribution in [0.4, 0.5) is 5.69 Å². The number of aromatic hydroxyl groups is 1.